The number of epoxide rings is 1. The van der Waals surface area contributed by atoms with Gasteiger partial charge in [-0.3, -0.25) is 0 Å². The van der Waals surface area contributed by atoms with Crippen LogP contribution < -0.4 is 0 Å². The van der Waals surface area contributed by atoms with E-state index < -0.39 is 0 Å². The van der Waals surface area contributed by atoms with E-state index >= 15 is 0 Å². The second-order valence-corrected chi connectivity index (χ2v) is 2.15. The molecule has 1 heterocycles. The summed E-state index contributed by atoms with van der Waals surface area (Å²) in [6.07, 6.45) is 1.95. The Morgan fingerprint density at radius 2 is 2.60 bits per heavy atom. The third kappa shape index (κ3) is 2.10. The highest BCUT2D eigenvalue weighted by atomic mass is 16.7. The first-order chi connectivity index (χ1) is 4.88. The van der Waals surface area contributed by atoms with Crippen molar-refractivity contribution < 1.29 is 14.2 Å². The molecule has 0 saturated carbocycles. The molecule has 1 aliphatic heterocycles. The maximum atomic E-state index is 5.20. The topological polar surface area (TPSA) is 31.0 Å². The molecule has 1 rings (SSSR count). The van der Waals surface area contributed by atoms with Crippen molar-refractivity contribution in [3.8, 4) is 0 Å². The summed E-state index contributed by atoms with van der Waals surface area (Å²) in [6, 6.07) is 0. The van der Waals surface area contributed by atoms with Crippen LogP contribution in [-0.4, -0.2) is 32.7 Å². The molecule has 1 fully saturated rings. The lowest BCUT2D eigenvalue weighted by atomic mass is 10.3. The van der Waals surface area contributed by atoms with E-state index in [0.717, 1.165) is 6.61 Å². The van der Waals surface area contributed by atoms with Gasteiger partial charge in [0.15, 0.2) is 0 Å². The van der Waals surface area contributed by atoms with Crippen LogP contribution in [0.3, 0.4) is 0 Å². The first-order valence-electron chi connectivity index (χ1n) is 3.23. The summed E-state index contributed by atoms with van der Waals surface area (Å²) in [5, 5.41) is 0. The van der Waals surface area contributed by atoms with Crippen LogP contribution in [0.5, 0.6) is 0 Å². The monoisotopic (exact) mass is 144 g/mol. The normalized spacial score (nSPS) is 25.9. The minimum Gasteiger partial charge on any atom is -0.370 e. The molecule has 0 bridgehead atoms. The van der Waals surface area contributed by atoms with Crippen molar-refractivity contribution in [2.24, 2.45) is 0 Å². The number of hydrogen-bond acceptors (Lipinski definition) is 3. The number of rotatable bonds is 5. The summed E-state index contributed by atoms with van der Waals surface area (Å²) >= 11 is 0. The van der Waals surface area contributed by atoms with Gasteiger partial charge >= 0.3 is 0 Å². The van der Waals surface area contributed by atoms with Gasteiger partial charge in [-0.2, -0.15) is 0 Å². The van der Waals surface area contributed by atoms with Gasteiger partial charge in [-0.1, -0.05) is 6.08 Å². The average Bonchev–Trinajstić information content (AvgIpc) is 2.73. The van der Waals surface area contributed by atoms with Gasteiger partial charge in [0.2, 0.25) is 0 Å². The second kappa shape index (κ2) is 3.71. The zero-order chi connectivity index (χ0) is 7.40. The first kappa shape index (κ1) is 7.72. The van der Waals surface area contributed by atoms with Crippen LogP contribution >= 0.6 is 0 Å². The standard InChI is InChI=1S/C7H12O3/c1-3-6(7-4-9-7)10-5-8-2/h3,6-7H,1,4-5H2,2H3/t6-,7?/m0/s1. The Morgan fingerprint density at radius 1 is 1.90 bits per heavy atom. The Balaban J connectivity index is 2.12. The largest absolute Gasteiger partial charge is 0.370 e. The van der Waals surface area contributed by atoms with Gasteiger partial charge in [0.25, 0.3) is 0 Å². The summed E-state index contributed by atoms with van der Waals surface area (Å²) in [5.41, 5.74) is 0. The lowest BCUT2D eigenvalue weighted by Crippen LogP contribution is -2.17. The van der Waals surface area contributed by atoms with Gasteiger partial charge in [-0.15, -0.1) is 6.58 Å². The van der Waals surface area contributed by atoms with Gasteiger partial charge in [0, 0.05) is 7.11 Å². The highest BCUT2D eigenvalue weighted by molar-refractivity contribution is 4.92. The van der Waals surface area contributed by atoms with E-state index in [4.69, 9.17) is 14.2 Å². The molecule has 0 N–H and O–H groups in total. The highest BCUT2D eigenvalue weighted by Gasteiger charge is 2.31. The summed E-state index contributed by atoms with van der Waals surface area (Å²) in [6.45, 7) is 4.69. The Hall–Kier alpha value is -0.380. The smallest absolute Gasteiger partial charge is 0.147 e. The van der Waals surface area contributed by atoms with Crippen LogP contribution in [0.1, 0.15) is 0 Å². The highest BCUT2D eigenvalue weighted by Crippen LogP contribution is 2.17. The lowest BCUT2D eigenvalue weighted by Gasteiger charge is -2.08. The van der Waals surface area contributed by atoms with Crippen LogP contribution in [0, 0.1) is 0 Å². The van der Waals surface area contributed by atoms with Crippen molar-refractivity contribution in [1.29, 1.82) is 0 Å². The molecule has 0 radical (unpaired) electrons. The van der Waals surface area contributed by atoms with Gasteiger partial charge < -0.3 is 14.2 Å². The summed E-state index contributed by atoms with van der Waals surface area (Å²) in [5.74, 6) is 0. The summed E-state index contributed by atoms with van der Waals surface area (Å²) < 4.78 is 14.9. The van der Waals surface area contributed by atoms with Crippen molar-refractivity contribution in [3.63, 3.8) is 0 Å². The predicted molar refractivity (Wildman–Crippen MR) is 36.7 cm³/mol. The molecule has 1 unspecified atom stereocenters. The van der Waals surface area contributed by atoms with Gasteiger partial charge in [-0.25, -0.2) is 0 Å². The van der Waals surface area contributed by atoms with Gasteiger partial charge in [0.1, 0.15) is 19.0 Å². The van der Waals surface area contributed by atoms with Crippen LogP contribution in [0.25, 0.3) is 0 Å². The Labute approximate surface area is 60.6 Å². The summed E-state index contributed by atoms with van der Waals surface area (Å²) in [4.78, 5) is 0. The molecular formula is C7H12O3. The molecule has 0 amide bonds. The van der Waals surface area contributed by atoms with E-state index in [2.05, 4.69) is 6.58 Å². The van der Waals surface area contributed by atoms with Gasteiger partial charge in [0.05, 0.1) is 6.61 Å². The third-order valence-corrected chi connectivity index (χ3v) is 1.34. The lowest BCUT2D eigenvalue weighted by molar-refractivity contribution is -0.0622. The quantitative estimate of drug-likeness (QED) is 0.321. The zero-order valence-corrected chi connectivity index (χ0v) is 6.08. The van der Waals surface area contributed by atoms with Crippen molar-refractivity contribution in [1.82, 2.24) is 0 Å². The first-order valence-corrected chi connectivity index (χ1v) is 3.23. The summed E-state index contributed by atoms with van der Waals surface area (Å²) in [7, 11) is 1.59. The van der Waals surface area contributed by atoms with Gasteiger partial charge in [-0.05, 0) is 0 Å². The Kier molecular flexibility index (Phi) is 2.86. The predicted octanol–water partition coefficient (Wildman–Crippen LogP) is 0.560. The van der Waals surface area contributed by atoms with Crippen molar-refractivity contribution in [2.75, 3.05) is 20.5 Å². The van der Waals surface area contributed by atoms with Crippen molar-refractivity contribution in [2.45, 2.75) is 12.2 Å². The van der Waals surface area contributed by atoms with E-state index in [1.165, 1.54) is 0 Å². The van der Waals surface area contributed by atoms with Crippen LogP contribution in [0.15, 0.2) is 12.7 Å². The van der Waals surface area contributed by atoms with E-state index in [1.807, 2.05) is 0 Å². The second-order valence-electron chi connectivity index (χ2n) is 2.15. The van der Waals surface area contributed by atoms with Crippen LogP contribution in [0.4, 0.5) is 0 Å². The number of methoxy groups -OCH3 is 1. The molecule has 10 heavy (non-hydrogen) atoms. The van der Waals surface area contributed by atoms with E-state index in [0.29, 0.717) is 6.79 Å². The molecule has 0 spiro atoms. The molecule has 2 atom stereocenters. The minimum atomic E-state index is -0.0000463. The number of ether oxygens (including phenoxy) is 3. The molecular weight excluding hydrogens is 132 g/mol. The fourth-order valence-corrected chi connectivity index (χ4v) is 0.719. The maximum Gasteiger partial charge on any atom is 0.147 e. The Morgan fingerprint density at radius 3 is 3.00 bits per heavy atom. The van der Waals surface area contributed by atoms with Crippen LogP contribution in [-0.2, 0) is 14.2 Å². The van der Waals surface area contributed by atoms with Crippen LogP contribution in [0.2, 0.25) is 0 Å². The molecule has 0 aromatic heterocycles. The van der Waals surface area contributed by atoms with Crippen molar-refractivity contribution >= 4 is 0 Å². The molecule has 1 aliphatic rings. The van der Waals surface area contributed by atoms with E-state index in [1.54, 1.807) is 13.2 Å². The fourth-order valence-electron chi connectivity index (χ4n) is 0.719. The van der Waals surface area contributed by atoms with E-state index in [-0.39, 0.29) is 12.2 Å². The SMILES string of the molecule is C=C[C@H](OCOC)C1CO1. The maximum absolute atomic E-state index is 5.20. The number of hydrogen-bond donors (Lipinski definition) is 0. The Bertz CT molecular complexity index is 109. The third-order valence-electron chi connectivity index (χ3n) is 1.34. The average molecular weight is 144 g/mol. The minimum absolute atomic E-state index is 0.0000463. The molecule has 3 heteroatoms. The molecule has 58 valence electrons. The molecule has 3 nitrogen and oxygen atoms in total. The zero-order valence-electron chi connectivity index (χ0n) is 6.08. The molecule has 0 aliphatic carbocycles. The molecule has 1 saturated heterocycles. The molecule has 0 aromatic carbocycles. The van der Waals surface area contributed by atoms with E-state index in [9.17, 15) is 0 Å². The van der Waals surface area contributed by atoms with Crippen molar-refractivity contribution in [3.05, 3.63) is 12.7 Å². The fraction of sp³-hybridized carbons (Fsp3) is 0.714. The molecule has 0 aromatic rings.